The normalized spacial score (nSPS) is 19.4. The molecular weight excluding hydrogens is 402 g/mol. The maximum atomic E-state index is 13.4. The Kier molecular flexibility index (Phi) is 4.02. The quantitative estimate of drug-likeness (QED) is 0.477. The number of pyridine rings is 1. The highest BCUT2D eigenvalue weighted by Gasteiger charge is 2.43. The molecule has 1 aliphatic carbocycles. The van der Waals surface area contributed by atoms with Crippen molar-refractivity contribution in [3.8, 4) is 17.3 Å². The van der Waals surface area contributed by atoms with Crippen LogP contribution in [0.15, 0.2) is 72.5 Å². The highest BCUT2D eigenvalue weighted by atomic mass is 16.5. The number of ketones is 1. The highest BCUT2D eigenvalue weighted by Crippen LogP contribution is 2.50. The van der Waals surface area contributed by atoms with E-state index < -0.39 is 0 Å². The van der Waals surface area contributed by atoms with E-state index in [9.17, 15) is 4.79 Å². The molecule has 4 heterocycles. The molecule has 0 saturated carbocycles. The van der Waals surface area contributed by atoms with Crippen LogP contribution in [0, 0.1) is 5.41 Å². The topological polar surface area (TPSA) is 82.3 Å². The van der Waals surface area contributed by atoms with Crippen LogP contribution in [-0.4, -0.2) is 30.3 Å². The molecule has 7 nitrogen and oxygen atoms in total. The number of nitrogens with zero attached hydrogens (tertiary/aromatic N) is 5. The van der Waals surface area contributed by atoms with E-state index in [1.54, 1.807) is 23.2 Å². The summed E-state index contributed by atoms with van der Waals surface area (Å²) in [7, 11) is 0. The van der Waals surface area contributed by atoms with E-state index >= 15 is 0 Å². The number of benzene rings is 1. The zero-order chi connectivity index (χ0) is 21.9. The van der Waals surface area contributed by atoms with Crippen LogP contribution in [0.3, 0.4) is 0 Å². The molecule has 0 unspecified atom stereocenters. The van der Waals surface area contributed by atoms with Gasteiger partial charge in [0.1, 0.15) is 12.1 Å². The highest BCUT2D eigenvalue weighted by molar-refractivity contribution is 6.00. The molecule has 6 rings (SSSR count). The number of aromatic nitrogens is 5. The number of rotatable bonds is 2. The van der Waals surface area contributed by atoms with Gasteiger partial charge in [-0.25, -0.2) is 14.5 Å². The smallest absolute Gasteiger partial charge is 0.228 e. The molecule has 158 valence electrons. The first-order valence-electron chi connectivity index (χ1n) is 10.6. The second-order valence-corrected chi connectivity index (χ2v) is 9.13. The third-order valence-electron chi connectivity index (χ3n) is 6.13. The van der Waals surface area contributed by atoms with E-state index in [2.05, 4.69) is 28.9 Å². The Balaban J connectivity index is 1.61. The fourth-order valence-electron chi connectivity index (χ4n) is 4.75. The molecule has 0 amide bonds. The van der Waals surface area contributed by atoms with Crippen molar-refractivity contribution in [2.24, 2.45) is 5.41 Å². The second-order valence-electron chi connectivity index (χ2n) is 9.13. The van der Waals surface area contributed by atoms with Crippen LogP contribution < -0.4 is 4.74 Å². The van der Waals surface area contributed by atoms with Gasteiger partial charge in [-0.05, 0) is 23.1 Å². The van der Waals surface area contributed by atoms with Gasteiger partial charge in [-0.15, -0.1) is 5.10 Å². The lowest BCUT2D eigenvalue weighted by atomic mass is 9.70. The summed E-state index contributed by atoms with van der Waals surface area (Å²) in [5.74, 6) is 1.60. The molecule has 2 aliphatic rings. The zero-order valence-corrected chi connectivity index (χ0v) is 17.8. The number of carbonyl (C=O) groups is 1. The number of Topliss-reactive ketones (excluding diaryl/α,β-unsaturated/α-hetero) is 1. The minimum absolute atomic E-state index is 0.117. The van der Waals surface area contributed by atoms with Crippen LogP contribution >= 0.6 is 0 Å². The predicted octanol–water partition coefficient (Wildman–Crippen LogP) is 4.35. The van der Waals surface area contributed by atoms with Crippen LogP contribution in [0.1, 0.15) is 43.7 Å². The fraction of sp³-hybridized carbons (Fsp3) is 0.240. The summed E-state index contributed by atoms with van der Waals surface area (Å²) >= 11 is 0. The molecule has 0 N–H and O–H groups in total. The Hall–Kier alpha value is -3.87. The van der Waals surface area contributed by atoms with Crippen molar-refractivity contribution in [1.82, 2.24) is 24.6 Å². The molecule has 0 bridgehead atoms. The molecule has 7 heteroatoms. The van der Waals surface area contributed by atoms with Gasteiger partial charge in [0, 0.05) is 42.3 Å². The van der Waals surface area contributed by atoms with Crippen LogP contribution in [0.4, 0.5) is 0 Å². The third-order valence-corrected chi connectivity index (χ3v) is 6.13. The summed E-state index contributed by atoms with van der Waals surface area (Å²) in [5, 5.41) is 4.62. The first-order valence-corrected chi connectivity index (χ1v) is 10.6. The fourth-order valence-corrected chi connectivity index (χ4v) is 4.75. The van der Waals surface area contributed by atoms with Gasteiger partial charge in [0.2, 0.25) is 5.88 Å². The van der Waals surface area contributed by atoms with E-state index in [4.69, 9.17) is 9.72 Å². The predicted molar refractivity (Wildman–Crippen MR) is 118 cm³/mol. The standard InChI is InChI=1S/C25H21N5O2/c1-25(2)12-17(31)20-18(13-25)32-24-21(19(20)15-6-4-3-5-7-15)23-28-22(29-30(23)14-27-24)16-8-10-26-11-9-16/h3-11,14,19H,12-13H2,1-2H3/t19-/m1/s1. The first kappa shape index (κ1) is 18.9. The van der Waals surface area contributed by atoms with Gasteiger partial charge >= 0.3 is 0 Å². The van der Waals surface area contributed by atoms with Gasteiger partial charge in [-0.3, -0.25) is 9.78 Å². The molecule has 1 atom stereocenters. The van der Waals surface area contributed by atoms with Gasteiger partial charge in [-0.1, -0.05) is 44.2 Å². The van der Waals surface area contributed by atoms with E-state index in [1.165, 1.54) is 0 Å². The van der Waals surface area contributed by atoms with E-state index in [1.807, 2.05) is 42.5 Å². The maximum absolute atomic E-state index is 13.4. The lowest BCUT2D eigenvalue weighted by Gasteiger charge is -2.37. The number of ether oxygens (including phenoxy) is 1. The number of carbonyl (C=O) groups excluding carboxylic acids is 1. The molecule has 1 aliphatic heterocycles. The number of allylic oxidation sites excluding steroid dienone is 2. The molecule has 0 saturated heterocycles. The number of hydrogen-bond donors (Lipinski definition) is 0. The largest absolute Gasteiger partial charge is 0.442 e. The molecule has 0 fully saturated rings. The van der Waals surface area contributed by atoms with Crippen LogP contribution in [0.25, 0.3) is 17.0 Å². The van der Waals surface area contributed by atoms with Crippen LogP contribution in [0.5, 0.6) is 5.88 Å². The minimum atomic E-state index is -0.302. The van der Waals surface area contributed by atoms with Gasteiger partial charge < -0.3 is 4.74 Å². The molecule has 0 spiro atoms. The van der Waals surface area contributed by atoms with Gasteiger partial charge in [0.25, 0.3) is 0 Å². The third kappa shape index (κ3) is 2.92. The Morgan fingerprint density at radius 1 is 1.06 bits per heavy atom. The first-order chi connectivity index (χ1) is 15.5. The lowest BCUT2D eigenvalue weighted by Crippen LogP contribution is -2.33. The zero-order valence-electron chi connectivity index (χ0n) is 17.8. The molecule has 32 heavy (non-hydrogen) atoms. The van der Waals surface area contributed by atoms with Gasteiger partial charge in [0.05, 0.1) is 5.56 Å². The van der Waals surface area contributed by atoms with Crippen molar-refractivity contribution >= 4 is 11.4 Å². The Morgan fingerprint density at radius 2 is 1.84 bits per heavy atom. The maximum Gasteiger partial charge on any atom is 0.228 e. The number of hydrogen-bond acceptors (Lipinski definition) is 6. The SMILES string of the molecule is CC1(C)CC(=O)C2=C(C1)Oc1ncn3nc(-c4ccncc4)nc3c1[C@@H]2c1ccccc1. The molecule has 3 aromatic heterocycles. The average molecular weight is 423 g/mol. The van der Waals surface area contributed by atoms with E-state index in [0.29, 0.717) is 35.8 Å². The van der Waals surface area contributed by atoms with E-state index in [-0.39, 0.29) is 17.1 Å². The monoisotopic (exact) mass is 423 g/mol. The van der Waals surface area contributed by atoms with Gasteiger partial charge in [0.15, 0.2) is 17.3 Å². The summed E-state index contributed by atoms with van der Waals surface area (Å²) in [6.07, 6.45) is 6.22. The number of fused-ring (bicyclic) bond motifs is 3. The van der Waals surface area contributed by atoms with Crippen molar-refractivity contribution in [1.29, 1.82) is 0 Å². The van der Waals surface area contributed by atoms with Crippen LogP contribution in [0.2, 0.25) is 0 Å². The minimum Gasteiger partial charge on any atom is -0.442 e. The Bertz CT molecular complexity index is 1390. The summed E-state index contributed by atoms with van der Waals surface area (Å²) in [4.78, 5) is 26.9. The summed E-state index contributed by atoms with van der Waals surface area (Å²) in [5.41, 5.74) is 3.86. The van der Waals surface area contributed by atoms with Crippen molar-refractivity contribution in [3.63, 3.8) is 0 Å². The average Bonchev–Trinajstić information content (AvgIpc) is 3.23. The molecule has 0 radical (unpaired) electrons. The summed E-state index contributed by atoms with van der Waals surface area (Å²) < 4.78 is 7.94. The van der Waals surface area contributed by atoms with Gasteiger partial charge in [-0.2, -0.15) is 0 Å². The Morgan fingerprint density at radius 3 is 2.62 bits per heavy atom. The molecule has 1 aromatic carbocycles. The molecule has 4 aromatic rings. The lowest BCUT2D eigenvalue weighted by molar-refractivity contribution is -0.118. The van der Waals surface area contributed by atoms with Crippen molar-refractivity contribution < 1.29 is 9.53 Å². The van der Waals surface area contributed by atoms with Crippen molar-refractivity contribution in [2.75, 3.05) is 0 Å². The summed E-state index contributed by atoms with van der Waals surface area (Å²) in [6.45, 7) is 4.20. The van der Waals surface area contributed by atoms with E-state index in [0.717, 1.165) is 22.4 Å². The van der Waals surface area contributed by atoms with Crippen molar-refractivity contribution in [2.45, 2.75) is 32.6 Å². The summed E-state index contributed by atoms with van der Waals surface area (Å²) in [6, 6.07) is 13.8. The Labute approximate surface area is 184 Å². The van der Waals surface area contributed by atoms with Crippen molar-refractivity contribution in [3.05, 3.63) is 83.6 Å². The van der Waals surface area contributed by atoms with Crippen LogP contribution in [-0.2, 0) is 4.79 Å². The second kappa shape index (κ2) is 6.82. The molecular formula is C25H21N5O2.